The van der Waals surface area contributed by atoms with Crippen molar-refractivity contribution in [1.29, 1.82) is 0 Å². The highest BCUT2D eigenvalue weighted by Crippen LogP contribution is 2.27. The minimum absolute atomic E-state index is 0.0901. The summed E-state index contributed by atoms with van der Waals surface area (Å²) in [5, 5.41) is 18.6. The highest BCUT2D eigenvalue weighted by atomic mass is 32.1. The Balaban J connectivity index is 2.03. The van der Waals surface area contributed by atoms with E-state index in [1.54, 1.807) is 41.0 Å². The molecule has 0 spiro atoms. The van der Waals surface area contributed by atoms with Crippen molar-refractivity contribution < 1.29 is 9.84 Å². The first-order valence-electron chi connectivity index (χ1n) is 7.78. The second-order valence-electron chi connectivity index (χ2n) is 5.59. The van der Waals surface area contributed by atoms with E-state index in [-0.39, 0.29) is 11.8 Å². The maximum atomic E-state index is 9.92. The summed E-state index contributed by atoms with van der Waals surface area (Å²) in [4.78, 5) is 6.63. The van der Waals surface area contributed by atoms with Crippen LogP contribution in [0.3, 0.4) is 0 Å². The van der Waals surface area contributed by atoms with E-state index in [1.807, 2.05) is 36.0 Å². The maximum Gasteiger partial charge on any atom is 0.206 e. The number of rotatable bonds is 5. The van der Waals surface area contributed by atoms with Crippen LogP contribution in [-0.4, -0.2) is 29.1 Å². The zero-order valence-electron chi connectivity index (χ0n) is 14.2. The SMILES string of the molecule is COc1ccc(C=Nn2c(-c3cccs3)csc2=NC(C)C)cc1O. The molecule has 0 aliphatic heterocycles. The largest absolute Gasteiger partial charge is 0.504 e. The van der Waals surface area contributed by atoms with Crippen LogP contribution in [0.25, 0.3) is 10.6 Å². The lowest BCUT2D eigenvalue weighted by Gasteiger charge is -2.04. The van der Waals surface area contributed by atoms with Crippen LogP contribution >= 0.6 is 22.7 Å². The Morgan fingerprint density at radius 3 is 2.72 bits per heavy atom. The monoisotopic (exact) mass is 373 g/mol. The minimum Gasteiger partial charge on any atom is -0.504 e. The van der Waals surface area contributed by atoms with Crippen LogP contribution in [0.4, 0.5) is 0 Å². The predicted molar refractivity (Wildman–Crippen MR) is 104 cm³/mol. The molecule has 0 fully saturated rings. The number of hydrogen-bond acceptors (Lipinski definition) is 6. The Labute approximate surface area is 154 Å². The lowest BCUT2D eigenvalue weighted by Crippen LogP contribution is -2.14. The van der Waals surface area contributed by atoms with Gasteiger partial charge in [-0.05, 0) is 49.1 Å². The van der Waals surface area contributed by atoms with Crippen molar-refractivity contribution in [1.82, 2.24) is 4.68 Å². The van der Waals surface area contributed by atoms with E-state index >= 15 is 0 Å². The quantitative estimate of drug-likeness (QED) is 0.682. The van der Waals surface area contributed by atoms with Gasteiger partial charge in [0.15, 0.2) is 11.5 Å². The molecule has 7 heteroatoms. The number of thiophene rings is 1. The van der Waals surface area contributed by atoms with Crippen LogP contribution < -0.4 is 9.54 Å². The first-order valence-corrected chi connectivity index (χ1v) is 9.54. The molecule has 25 heavy (non-hydrogen) atoms. The molecule has 0 aliphatic rings. The van der Waals surface area contributed by atoms with Gasteiger partial charge in [-0.25, -0.2) is 4.68 Å². The highest BCUT2D eigenvalue weighted by Gasteiger charge is 2.09. The van der Waals surface area contributed by atoms with Gasteiger partial charge in [0.05, 0.1) is 23.9 Å². The predicted octanol–water partition coefficient (Wildman–Crippen LogP) is 4.18. The molecular formula is C18H19N3O2S2. The summed E-state index contributed by atoms with van der Waals surface area (Å²) in [5.41, 5.74) is 1.79. The molecular weight excluding hydrogens is 354 g/mol. The molecule has 0 aliphatic carbocycles. The van der Waals surface area contributed by atoms with Gasteiger partial charge in [-0.3, -0.25) is 4.99 Å². The lowest BCUT2D eigenvalue weighted by molar-refractivity contribution is 0.373. The van der Waals surface area contributed by atoms with Gasteiger partial charge in [-0.2, -0.15) is 5.10 Å². The number of nitrogens with zero attached hydrogens (tertiary/aromatic N) is 3. The van der Waals surface area contributed by atoms with Crippen LogP contribution in [0, 0.1) is 0 Å². The van der Waals surface area contributed by atoms with E-state index < -0.39 is 0 Å². The molecule has 0 saturated heterocycles. The molecule has 5 nitrogen and oxygen atoms in total. The van der Waals surface area contributed by atoms with Crippen molar-refractivity contribution in [2.75, 3.05) is 7.11 Å². The molecule has 0 saturated carbocycles. The summed E-state index contributed by atoms with van der Waals surface area (Å²) in [7, 11) is 1.52. The van der Waals surface area contributed by atoms with Crippen LogP contribution in [0.15, 0.2) is 51.2 Å². The van der Waals surface area contributed by atoms with Crippen LogP contribution in [0.2, 0.25) is 0 Å². The number of benzene rings is 1. The molecule has 0 bridgehead atoms. The highest BCUT2D eigenvalue weighted by molar-refractivity contribution is 7.14. The van der Waals surface area contributed by atoms with Crippen molar-refractivity contribution in [2.45, 2.75) is 19.9 Å². The molecule has 2 heterocycles. The molecule has 130 valence electrons. The maximum absolute atomic E-state index is 9.92. The van der Waals surface area contributed by atoms with Gasteiger partial charge in [-0.15, -0.1) is 22.7 Å². The average Bonchev–Trinajstić information content (AvgIpc) is 3.22. The molecule has 0 amide bonds. The number of phenols is 1. The Morgan fingerprint density at radius 2 is 2.08 bits per heavy atom. The standard InChI is InChI=1S/C18H19N3O2S2/c1-12(2)20-18-21(14(11-25-18)17-5-4-8-24-17)19-10-13-6-7-16(23-3)15(22)9-13/h4-12,22H,1-3H3. The fourth-order valence-corrected chi connectivity index (χ4v) is 3.99. The van der Waals surface area contributed by atoms with Crippen LogP contribution in [-0.2, 0) is 0 Å². The Morgan fingerprint density at radius 1 is 1.24 bits per heavy atom. The van der Waals surface area contributed by atoms with Gasteiger partial charge >= 0.3 is 0 Å². The minimum atomic E-state index is 0.0901. The van der Waals surface area contributed by atoms with E-state index in [0.717, 1.165) is 20.9 Å². The molecule has 3 rings (SSSR count). The van der Waals surface area contributed by atoms with Gasteiger partial charge in [0.2, 0.25) is 4.80 Å². The third-order valence-electron chi connectivity index (χ3n) is 3.35. The number of thiazole rings is 1. The third-order valence-corrected chi connectivity index (χ3v) is 5.08. The summed E-state index contributed by atoms with van der Waals surface area (Å²) in [5.74, 6) is 0.530. The summed E-state index contributed by atoms with van der Waals surface area (Å²) >= 11 is 3.23. The Kier molecular flexibility index (Phi) is 5.35. The zero-order valence-corrected chi connectivity index (χ0v) is 15.8. The first-order chi connectivity index (χ1) is 12.1. The lowest BCUT2D eigenvalue weighted by atomic mass is 10.2. The van der Waals surface area contributed by atoms with Crippen molar-refractivity contribution in [3.8, 4) is 22.1 Å². The molecule has 1 N–H and O–H groups in total. The summed E-state index contributed by atoms with van der Waals surface area (Å²) in [6.45, 7) is 4.08. The van der Waals surface area contributed by atoms with Gasteiger partial charge in [0, 0.05) is 11.4 Å². The normalized spacial score (nSPS) is 12.4. The number of phenolic OH excluding ortho intramolecular Hbond substituents is 1. The van der Waals surface area contributed by atoms with E-state index in [1.165, 1.54) is 7.11 Å². The zero-order chi connectivity index (χ0) is 17.8. The van der Waals surface area contributed by atoms with Crippen molar-refractivity contribution in [2.24, 2.45) is 10.1 Å². The van der Waals surface area contributed by atoms with Crippen molar-refractivity contribution >= 4 is 28.9 Å². The van der Waals surface area contributed by atoms with Crippen molar-refractivity contribution in [3.63, 3.8) is 0 Å². The second-order valence-corrected chi connectivity index (χ2v) is 7.38. The second kappa shape index (κ2) is 7.67. The molecule has 0 radical (unpaired) electrons. The number of aromatic nitrogens is 1. The molecule has 0 atom stereocenters. The van der Waals surface area contributed by atoms with Crippen LogP contribution in [0.5, 0.6) is 11.5 Å². The Bertz CT molecular complexity index is 938. The number of aromatic hydroxyl groups is 1. The molecule has 2 aromatic heterocycles. The molecule has 3 aromatic rings. The number of methoxy groups -OCH3 is 1. The van der Waals surface area contributed by atoms with Crippen molar-refractivity contribution in [3.05, 3.63) is 51.5 Å². The molecule has 1 aromatic carbocycles. The van der Waals surface area contributed by atoms with Gasteiger partial charge < -0.3 is 9.84 Å². The Hall–Kier alpha value is -2.38. The van der Waals surface area contributed by atoms with Crippen LogP contribution in [0.1, 0.15) is 19.4 Å². The smallest absolute Gasteiger partial charge is 0.206 e. The number of ether oxygens (including phenoxy) is 1. The summed E-state index contributed by atoms with van der Waals surface area (Å²) in [6.07, 6.45) is 1.71. The van der Waals surface area contributed by atoms with Gasteiger partial charge in [0.1, 0.15) is 0 Å². The molecule has 0 unspecified atom stereocenters. The third kappa shape index (κ3) is 4.00. The topological polar surface area (TPSA) is 59.1 Å². The number of hydrogen-bond donors (Lipinski definition) is 1. The van der Waals surface area contributed by atoms with E-state index in [9.17, 15) is 5.11 Å². The van der Waals surface area contributed by atoms with E-state index in [4.69, 9.17) is 4.74 Å². The van der Waals surface area contributed by atoms with E-state index in [2.05, 4.69) is 21.5 Å². The summed E-state index contributed by atoms with van der Waals surface area (Å²) in [6, 6.07) is 9.46. The van der Waals surface area contributed by atoms with Gasteiger partial charge in [0.25, 0.3) is 0 Å². The average molecular weight is 374 g/mol. The fourth-order valence-electron chi connectivity index (χ4n) is 2.23. The fraction of sp³-hybridized carbons (Fsp3) is 0.222. The van der Waals surface area contributed by atoms with E-state index in [0.29, 0.717) is 5.75 Å². The summed E-state index contributed by atoms with van der Waals surface area (Å²) < 4.78 is 6.91. The first kappa shape index (κ1) is 17.4. The van der Waals surface area contributed by atoms with Gasteiger partial charge in [-0.1, -0.05) is 6.07 Å².